The number of aryl methyl sites for hydroxylation is 1. The molecule has 0 saturated carbocycles. The number of hydrogen-bond donors (Lipinski definition) is 2. The molecule has 4 rings (SSSR count). The molecule has 0 radical (unpaired) electrons. The van der Waals surface area contributed by atoms with Gasteiger partial charge in [-0.1, -0.05) is 12.1 Å². The Bertz CT molecular complexity index is 961. The van der Waals surface area contributed by atoms with Crippen LogP contribution in [-0.4, -0.2) is 25.6 Å². The van der Waals surface area contributed by atoms with Crippen LogP contribution in [0.15, 0.2) is 35.4 Å². The van der Waals surface area contributed by atoms with E-state index < -0.39 is 12.5 Å². The smallest absolute Gasteiger partial charge is 0.323 e. The van der Waals surface area contributed by atoms with Crippen LogP contribution in [0.4, 0.5) is 5.69 Å². The highest BCUT2D eigenvalue weighted by atomic mass is 32.1. The van der Waals surface area contributed by atoms with Crippen molar-refractivity contribution in [2.24, 2.45) is 0 Å². The van der Waals surface area contributed by atoms with Gasteiger partial charge in [-0.2, -0.15) is 0 Å². The van der Waals surface area contributed by atoms with Gasteiger partial charge in [0.05, 0.1) is 28.3 Å². The Morgan fingerprint density at radius 1 is 1.42 bits per heavy atom. The zero-order valence-corrected chi connectivity index (χ0v) is 13.4. The quantitative estimate of drug-likeness (QED) is 0.756. The first kappa shape index (κ1) is 14.8. The molecule has 8 heteroatoms. The van der Waals surface area contributed by atoms with E-state index in [1.807, 2.05) is 24.3 Å². The normalized spacial score (nSPS) is 16.6. The maximum atomic E-state index is 12.5. The van der Waals surface area contributed by atoms with Gasteiger partial charge in [0.25, 0.3) is 5.56 Å². The highest BCUT2D eigenvalue weighted by Gasteiger charge is 2.25. The molecular weight excluding hydrogens is 328 g/mol. The van der Waals surface area contributed by atoms with Crippen LogP contribution in [0.25, 0.3) is 10.2 Å². The second kappa shape index (κ2) is 5.72. The van der Waals surface area contributed by atoms with E-state index in [1.54, 1.807) is 11.3 Å². The van der Waals surface area contributed by atoms with Crippen LogP contribution >= 0.6 is 11.3 Å². The van der Waals surface area contributed by atoms with Crippen molar-refractivity contribution in [2.45, 2.75) is 25.4 Å². The molecule has 0 bridgehead atoms. The standard InChI is InChI=1S/C16H14N4O3S/c21-13(22)7-20-8-17-10-5-6-11(18-14(10)16(20)23)15-19-9-3-1-2-4-12(9)24-15/h1-4,8,11,18H,5-7H2,(H,21,22). The average molecular weight is 342 g/mol. The first-order chi connectivity index (χ1) is 11.6. The molecule has 0 amide bonds. The number of carboxylic acid groups (broad SMARTS) is 1. The molecule has 1 aromatic carbocycles. The van der Waals surface area contributed by atoms with E-state index in [1.165, 1.54) is 6.33 Å². The number of nitrogens with one attached hydrogen (secondary N) is 1. The van der Waals surface area contributed by atoms with Crippen LogP contribution in [0.3, 0.4) is 0 Å². The van der Waals surface area contributed by atoms with Gasteiger partial charge in [0.15, 0.2) is 0 Å². The minimum atomic E-state index is -1.07. The Hall–Kier alpha value is -2.74. The predicted molar refractivity (Wildman–Crippen MR) is 90.4 cm³/mol. The molecule has 7 nitrogen and oxygen atoms in total. The number of hydrogen-bond acceptors (Lipinski definition) is 6. The molecule has 1 aliphatic heterocycles. The fourth-order valence-corrected chi connectivity index (χ4v) is 3.92. The lowest BCUT2D eigenvalue weighted by atomic mass is 10.0. The van der Waals surface area contributed by atoms with E-state index in [0.717, 1.165) is 26.2 Å². The minimum Gasteiger partial charge on any atom is -0.480 e. The molecule has 24 heavy (non-hydrogen) atoms. The lowest BCUT2D eigenvalue weighted by Gasteiger charge is -2.24. The zero-order valence-electron chi connectivity index (χ0n) is 12.6. The summed E-state index contributed by atoms with van der Waals surface area (Å²) in [5.74, 6) is -1.07. The van der Waals surface area contributed by atoms with Crippen molar-refractivity contribution < 1.29 is 9.90 Å². The molecule has 0 aliphatic carbocycles. The van der Waals surface area contributed by atoms with Gasteiger partial charge in [-0.05, 0) is 25.0 Å². The largest absolute Gasteiger partial charge is 0.480 e. The summed E-state index contributed by atoms with van der Waals surface area (Å²) in [5.41, 5.74) is 1.65. The fraction of sp³-hybridized carbons (Fsp3) is 0.250. The zero-order chi connectivity index (χ0) is 16.7. The van der Waals surface area contributed by atoms with Crippen molar-refractivity contribution in [1.29, 1.82) is 0 Å². The number of rotatable bonds is 3. The van der Waals surface area contributed by atoms with Gasteiger partial charge in [0.2, 0.25) is 0 Å². The number of nitrogens with zero attached hydrogens (tertiary/aromatic N) is 3. The third-order valence-electron chi connectivity index (χ3n) is 4.02. The number of thiazole rings is 1. The van der Waals surface area contributed by atoms with Crippen molar-refractivity contribution in [3.63, 3.8) is 0 Å². The van der Waals surface area contributed by atoms with E-state index in [9.17, 15) is 9.59 Å². The molecule has 122 valence electrons. The van der Waals surface area contributed by atoms with Crippen molar-refractivity contribution in [1.82, 2.24) is 14.5 Å². The van der Waals surface area contributed by atoms with Gasteiger partial charge in [0.1, 0.15) is 17.2 Å². The van der Waals surface area contributed by atoms with E-state index in [4.69, 9.17) is 5.11 Å². The van der Waals surface area contributed by atoms with E-state index >= 15 is 0 Å². The number of fused-ring (bicyclic) bond motifs is 2. The van der Waals surface area contributed by atoms with E-state index in [-0.39, 0.29) is 11.6 Å². The average Bonchev–Trinajstić information content (AvgIpc) is 3.01. The number of para-hydroxylation sites is 1. The van der Waals surface area contributed by atoms with Crippen LogP contribution in [0.5, 0.6) is 0 Å². The molecule has 1 aliphatic rings. The second-order valence-electron chi connectivity index (χ2n) is 5.65. The number of aromatic nitrogens is 3. The number of aliphatic carboxylic acids is 1. The lowest BCUT2D eigenvalue weighted by molar-refractivity contribution is -0.137. The molecule has 2 N–H and O–H groups in total. The molecule has 1 atom stereocenters. The number of anilines is 1. The molecule has 3 aromatic rings. The van der Waals surface area contributed by atoms with Crippen LogP contribution in [0.2, 0.25) is 0 Å². The molecule has 2 aromatic heterocycles. The summed E-state index contributed by atoms with van der Waals surface area (Å²) >= 11 is 1.60. The Balaban J connectivity index is 1.69. The number of carbonyl (C=O) groups is 1. The SMILES string of the molecule is O=C(O)Cn1cnc2c(c1=O)NC(c1nc3ccccc3s1)CC2. The van der Waals surface area contributed by atoms with Gasteiger partial charge in [-0.25, -0.2) is 9.97 Å². The summed E-state index contributed by atoms with van der Waals surface area (Å²) in [6, 6.07) is 7.85. The van der Waals surface area contributed by atoms with Crippen LogP contribution in [0, 0.1) is 0 Å². The Kier molecular flexibility index (Phi) is 3.53. The van der Waals surface area contributed by atoms with Crippen LogP contribution in [0.1, 0.15) is 23.2 Å². The van der Waals surface area contributed by atoms with Gasteiger partial charge < -0.3 is 10.4 Å². The first-order valence-electron chi connectivity index (χ1n) is 7.54. The Labute approximate surface area is 140 Å². The molecule has 0 spiro atoms. The summed E-state index contributed by atoms with van der Waals surface area (Å²) in [7, 11) is 0. The van der Waals surface area contributed by atoms with Crippen molar-refractivity contribution in [3.05, 3.63) is 51.6 Å². The van der Waals surface area contributed by atoms with E-state index in [0.29, 0.717) is 17.8 Å². The lowest BCUT2D eigenvalue weighted by Crippen LogP contribution is -2.32. The highest BCUT2D eigenvalue weighted by molar-refractivity contribution is 7.18. The summed E-state index contributed by atoms with van der Waals surface area (Å²) < 4.78 is 2.21. The second-order valence-corrected chi connectivity index (χ2v) is 6.71. The van der Waals surface area contributed by atoms with Crippen molar-refractivity contribution in [3.8, 4) is 0 Å². The Morgan fingerprint density at radius 2 is 2.25 bits per heavy atom. The minimum absolute atomic E-state index is 0.0647. The molecule has 3 heterocycles. The summed E-state index contributed by atoms with van der Waals surface area (Å²) in [6.07, 6.45) is 2.75. The molecule has 0 saturated heterocycles. The predicted octanol–water partition coefficient (Wildman–Crippen LogP) is 2.04. The van der Waals surface area contributed by atoms with E-state index in [2.05, 4.69) is 15.3 Å². The maximum absolute atomic E-state index is 12.5. The molecular formula is C16H14N4O3S. The Morgan fingerprint density at radius 3 is 3.04 bits per heavy atom. The van der Waals surface area contributed by atoms with Crippen molar-refractivity contribution >= 4 is 33.2 Å². The molecule has 0 fully saturated rings. The van der Waals surface area contributed by atoms with Gasteiger partial charge >= 0.3 is 5.97 Å². The summed E-state index contributed by atoms with van der Waals surface area (Å²) in [5, 5.41) is 13.0. The first-order valence-corrected chi connectivity index (χ1v) is 8.35. The summed E-state index contributed by atoms with van der Waals surface area (Å²) in [4.78, 5) is 32.2. The molecule has 1 unspecified atom stereocenters. The highest BCUT2D eigenvalue weighted by Crippen LogP contribution is 2.33. The van der Waals surface area contributed by atoms with Gasteiger partial charge in [-0.15, -0.1) is 11.3 Å². The summed E-state index contributed by atoms with van der Waals surface area (Å²) in [6.45, 7) is -0.396. The topological polar surface area (TPSA) is 97.1 Å². The monoisotopic (exact) mass is 342 g/mol. The van der Waals surface area contributed by atoms with Gasteiger partial charge in [-0.3, -0.25) is 14.2 Å². The maximum Gasteiger partial charge on any atom is 0.323 e. The third kappa shape index (κ3) is 2.54. The fourth-order valence-electron chi connectivity index (χ4n) is 2.87. The van der Waals surface area contributed by atoms with Gasteiger partial charge in [0, 0.05) is 0 Å². The van der Waals surface area contributed by atoms with Crippen LogP contribution < -0.4 is 10.9 Å². The number of benzene rings is 1. The third-order valence-corrected chi connectivity index (χ3v) is 5.17. The van der Waals surface area contributed by atoms with Crippen molar-refractivity contribution in [2.75, 3.05) is 5.32 Å². The number of carboxylic acids is 1. The van der Waals surface area contributed by atoms with Crippen LogP contribution in [-0.2, 0) is 17.8 Å².